The van der Waals surface area contributed by atoms with Crippen molar-refractivity contribution >= 4 is 11.7 Å². The lowest BCUT2D eigenvalue weighted by Crippen LogP contribution is -2.47. The molecule has 1 aromatic heterocycles. The van der Waals surface area contributed by atoms with Gasteiger partial charge in [-0.2, -0.15) is 0 Å². The summed E-state index contributed by atoms with van der Waals surface area (Å²) in [7, 11) is 1.51. The van der Waals surface area contributed by atoms with Crippen LogP contribution in [0.5, 0.6) is 0 Å². The van der Waals surface area contributed by atoms with Gasteiger partial charge in [0.1, 0.15) is 5.82 Å². The highest BCUT2D eigenvalue weighted by Crippen LogP contribution is 2.24. The van der Waals surface area contributed by atoms with Crippen molar-refractivity contribution in [2.45, 2.75) is 64.8 Å². The fraction of sp³-hybridized carbons (Fsp3) is 0.762. The Balaban J connectivity index is 1.70. The van der Waals surface area contributed by atoms with Gasteiger partial charge in [-0.3, -0.25) is 18.7 Å². The summed E-state index contributed by atoms with van der Waals surface area (Å²) in [6.07, 6.45) is 8.85. The van der Waals surface area contributed by atoms with Gasteiger partial charge in [-0.25, -0.2) is 4.79 Å². The summed E-state index contributed by atoms with van der Waals surface area (Å²) in [4.78, 5) is 39.5. The molecule has 1 saturated carbocycles. The van der Waals surface area contributed by atoms with E-state index in [1.54, 1.807) is 10.6 Å². The number of carbonyl (C=O) groups excluding carboxylic acids is 1. The van der Waals surface area contributed by atoms with Gasteiger partial charge < -0.3 is 10.2 Å². The molecule has 1 aromatic rings. The van der Waals surface area contributed by atoms with Crippen molar-refractivity contribution in [2.24, 2.45) is 18.9 Å². The van der Waals surface area contributed by atoms with Crippen LogP contribution in [0.2, 0.25) is 0 Å². The largest absolute Gasteiger partial charge is 0.357 e. The summed E-state index contributed by atoms with van der Waals surface area (Å²) in [6.45, 7) is 4.69. The molecule has 0 radical (unpaired) electrons. The number of hydrogen-bond donors (Lipinski definition) is 1. The van der Waals surface area contributed by atoms with Crippen LogP contribution in [0, 0.1) is 11.8 Å². The Bertz CT molecular complexity index is 792. The van der Waals surface area contributed by atoms with Crippen molar-refractivity contribution in [3.63, 3.8) is 0 Å². The lowest BCUT2D eigenvalue weighted by molar-refractivity contribution is -0.125. The summed E-state index contributed by atoms with van der Waals surface area (Å²) in [6, 6.07) is 1.54. The van der Waals surface area contributed by atoms with Crippen LogP contribution in [0.25, 0.3) is 0 Å². The van der Waals surface area contributed by atoms with E-state index in [4.69, 9.17) is 0 Å². The van der Waals surface area contributed by atoms with E-state index in [0.29, 0.717) is 24.8 Å². The minimum Gasteiger partial charge on any atom is -0.357 e. The maximum atomic E-state index is 12.7. The number of rotatable bonds is 6. The Morgan fingerprint density at radius 2 is 1.89 bits per heavy atom. The second-order valence-corrected chi connectivity index (χ2v) is 8.37. The Kier molecular flexibility index (Phi) is 6.97. The molecule has 1 saturated heterocycles. The molecule has 0 bridgehead atoms. The van der Waals surface area contributed by atoms with Crippen molar-refractivity contribution in [3.05, 3.63) is 26.9 Å². The van der Waals surface area contributed by atoms with Crippen LogP contribution in [0.3, 0.4) is 0 Å². The topological polar surface area (TPSA) is 76.3 Å². The summed E-state index contributed by atoms with van der Waals surface area (Å²) in [5.41, 5.74) is -0.579. The fourth-order valence-electron chi connectivity index (χ4n) is 4.53. The molecule has 3 rings (SSSR count). The molecule has 7 nitrogen and oxygen atoms in total. The Labute approximate surface area is 166 Å². The zero-order valence-corrected chi connectivity index (χ0v) is 17.3. The van der Waals surface area contributed by atoms with Crippen molar-refractivity contribution < 1.29 is 4.79 Å². The van der Waals surface area contributed by atoms with Gasteiger partial charge >= 0.3 is 5.69 Å². The highest BCUT2D eigenvalue weighted by molar-refractivity contribution is 5.79. The molecule has 156 valence electrons. The van der Waals surface area contributed by atoms with Crippen molar-refractivity contribution in [1.82, 2.24) is 14.5 Å². The van der Waals surface area contributed by atoms with Crippen LogP contribution >= 0.6 is 0 Å². The van der Waals surface area contributed by atoms with E-state index in [0.717, 1.165) is 36.9 Å². The van der Waals surface area contributed by atoms with Gasteiger partial charge in [-0.05, 0) is 38.0 Å². The number of aromatic nitrogens is 2. The van der Waals surface area contributed by atoms with E-state index in [9.17, 15) is 14.4 Å². The van der Waals surface area contributed by atoms with E-state index in [-0.39, 0.29) is 23.1 Å². The summed E-state index contributed by atoms with van der Waals surface area (Å²) in [5.74, 6) is 1.29. The van der Waals surface area contributed by atoms with Crippen LogP contribution in [-0.4, -0.2) is 34.7 Å². The number of carbonyl (C=O) groups is 1. The molecule has 1 aliphatic heterocycles. The SMILES string of the molecule is CCCn1c(N2CCCC(C(=O)NCC3CCCCC3)C2)cc(=O)n(C)c1=O. The molecule has 0 spiro atoms. The third-order valence-electron chi connectivity index (χ3n) is 6.23. The molecule has 2 aliphatic rings. The van der Waals surface area contributed by atoms with Crippen molar-refractivity contribution in [1.29, 1.82) is 0 Å². The molecule has 1 unspecified atom stereocenters. The summed E-state index contributed by atoms with van der Waals surface area (Å²) < 4.78 is 2.82. The molecule has 0 aromatic carbocycles. The minimum atomic E-state index is -0.295. The normalized spacial score (nSPS) is 20.9. The third-order valence-corrected chi connectivity index (χ3v) is 6.23. The van der Waals surface area contributed by atoms with Gasteiger partial charge in [-0.15, -0.1) is 0 Å². The lowest BCUT2D eigenvalue weighted by atomic mass is 9.89. The van der Waals surface area contributed by atoms with Gasteiger partial charge in [0.25, 0.3) is 5.56 Å². The molecule has 1 aliphatic carbocycles. The van der Waals surface area contributed by atoms with Crippen molar-refractivity contribution in [3.8, 4) is 0 Å². The molecule has 28 heavy (non-hydrogen) atoms. The molecule has 2 heterocycles. The van der Waals surface area contributed by atoms with E-state index >= 15 is 0 Å². The van der Waals surface area contributed by atoms with Crippen LogP contribution in [0.4, 0.5) is 5.82 Å². The standard InChI is InChI=1S/C21H34N4O3/c1-3-11-25-18(13-19(26)23(2)21(25)28)24-12-7-10-17(15-24)20(27)22-14-16-8-5-4-6-9-16/h13,16-17H,3-12,14-15H2,1-2H3,(H,22,27). The minimum absolute atomic E-state index is 0.0911. The lowest BCUT2D eigenvalue weighted by Gasteiger charge is -2.35. The predicted octanol–water partition coefficient (Wildman–Crippen LogP) is 1.87. The number of nitrogens with one attached hydrogen (secondary N) is 1. The summed E-state index contributed by atoms with van der Waals surface area (Å²) >= 11 is 0. The first-order valence-corrected chi connectivity index (χ1v) is 10.8. The monoisotopic (exact) mass is 390 g/mol. The smallest absolute Gasteiger partial charge is 0.332 e. The molecule has 2 fully saturated rings. The number of amides is 1. The zero-order valence-electron chi connectivity index (χ0n) is 17.3. The van der Waals surface area contributed by atoms with Gasteiger partial charge in [0, 0.05) is 39.3 Å². The van der Waals surface area contributed by atoms with Gasteiger partial charge in [0.05, 0.1) is 5.92 Å². The summed E-state index contributed by atoms with van der Waals surface area (Å²) in [5, 5.41) is 3.17. The number of piperidine rings is 1. The first-order valence-electron chi connectivity index (χ1n) is 10.8. The van der Waals surface area contributed by atoms with Gasteiger partial charge in [0.2, 0.25) is 5.91 Å². The van der Waals surface area contributed by atoms with Crippen molar-refractivity contribution in [2.75, 3.05) is 24.5 Å². The van der Waals surface area contributed by atoms with Crippen LogP contribution in [0.15, 0.2) is 15.7 Å². The fourth-order valence-corrected chi connectivity index (χ4v) is 4.53. The molecule has 1 N–H and O–H groups in total. The Hall–Kier alpha value is -2.05. The van der Waals surface area contributed by atoms with Crippen LogP contribution in [-0.2, 0) is 18.4 Å². The average molecular weight is 391 g/mol. The Morgan fingerprint density at radius 1 is 1.14 bits per heavy atom. The van der Waals surface area contributed by atoms with E-state index in [2.05, 4.69) is 5.32 Å². The predicted molar refractivity (Wildman–Crippen MR) is 111 cm³/mol. The molecule has 1 atom stereocenters. The molecule has 7 heteroatoms. The van der Waals surface area contributed by atoms with Crippen LogP contribution < -0.4 is 21.5 Å². The second-order valence-electron chi connectivity index (χ2n) is 8.37. The number of anilines is 1. The first kappa shape index (κ1) is 20.7. The quantitative estimate of drug-likeness (QED) is 0.805. The highest BCUT2D eigenvalue weighted by atomic mass is 16.2. The van der Waals surface area contributed by atoms with Gasteiger partial charge in [-0.1, -0.05) is 26.2 Å². The maximum absolute atomic E-state index is 12.7. The number of nitrogens with zero attached hydrogens (tertiary/aromatic N) is 3. The maximum Gasteiger partial charge on any atom is 0.332 e. The van der Waals surface area contributed by atoms with E-state index < -0.39 is 0 Å². The van der Waals surface area contributed by atoms with Gasteiger partial charge in [0.15, 0.2) is 0 Å². The third kappa shape index (κ3) is 4.67. The van der Waals surface area contributed by atoms with Crippen LogP contribution in [0.1, 0.15) is 58.3 Å². The highest BCUT2D eigenvalue weighted by Gasteiger charge is 2.28. The molecule has 1 amide bonds. The van der Waals surface area contributed by atoms with E-state index in [1.165, 1.54) is 39.2 Å². The second kappa shape index (κ2) is 9.43. The van der Waals surface area contributed by atoms with E-state index in [1.807, 2.05) is 11.8 Å². The first-order chi connectivity index (χ1) is 13.5. The number of hydrogen-bond acceptors (Lipinski definition) is 4. The molecular weight excluding hydrogens is 356 g/mol. The molecular formula is C21H34N4O3. The Morgan fingerprint density at radius 3 is 2.61 bits per heavy atom. The zero-order chi connectivity index (χ0) is 20.1. The average Bonchev–Trinajstić information content (AvgIpc) is 2.73.